The van der Waals surface area contributed by atoms with Gasteiger partial charge in [-0.3, -0.25) is 20.1 Å². The first-order valence-corrected chi connectivity index (χ1v) is 23.6. The Morgan fingerprint density at radius 1 is 0.710 bits per heavy atom. The lowest BCUT2D eigenvalue weighted by molar-refractivity contribution is -0.385. The fourth-order valence-corrected chi connectivity index (χ4v) is 10.2. The van der Waals surface area contributed by atoms with Gasteiger partial charge in [0.05, 0.1) is 57.6 Å². The second-order valence-electron chi connectivity index (χ2n) is 14.8. The van der Waals surface area contributed by atoms with Gasteiger partial charge in [-0.2, -0.15) is 0 Å². The highest BCUT2D eigenvalue weighted by Crippen LogP contribution is 2.37. The van der Waals surface area contributed by atoms with Crippen LogP contribution in [0.25, 0.3) is 0 Å². The highest BCUT2D eigenvalue weighted by Gasteiger charge is 2.29. The molecule has 0 unspecified atom stereocenters. The van der Waals surface area contributed by atoms with Crippen molar-refractivity contribution in [3.8, 4) is 23.0 Å². The summed E-state index contributed by atoms with van der Waals surface area (Å²) in [5, 5.41) is 11.4. The molecule has 0 radical (unpaired) electrons. The first-order chi connectivity index (χ1) is 29.7. The standard InChI is InChI=1S/C21H21FN4O5S.C21H23FN4O3S/c1-2-10-32(29,30)12-16-18(26(27)28)6-7-19(20(16)22)31-14-4-5-17-15(11-14)21-23-8-3-9-25(21)13-24-17;1-2-10-30(27,28)12-16-17(23)5-7-19(20(16)22)29-14-4-6-18-15(11-14)21-24-8-3-9-26(21)13-25-18/h4-7,11,13H,2-3,8-10,12H2,1H3;4-7,11,13H,2-3,8-10,12,23H2,1H3. The maximum Gasteiger partial charge on any atom is 0.276 e. The average molecular weight is 891 g/mol. The van der Waals surface area contributed by atoms with Gasteiger partial charge in [-0.1, -0.05) is 13.8 Å². The van der Waals surface area contributed by atoms with Crippen LogP contribution in [0.1, 0.15) is 61.8 Å². The number of hydrogen-bond acceptors (Lipinski definition) is 15. The molecule has 0 amide bonds. The van der Waals surface area contributed by atoms with E-state index in [1.54, 1.807) is 62.9 Å². The molecule has 0 spiro atoms. The molecule has 0 aromatic heterocycles. The van der Waals surface area contributed by atoms with Crippen LogP contribution in [0.2, 0.25) is 0 Å². The Balaban J connectivity index is 0.000000187. The summed E-state index contributed by atoms with van der Waals surface area (Å²) in [5.41, 5.74) is 7.79. The van der Waals surface area contributed by atoms with Crippen molar-refractivity contribution in [2.24, 2.45) is 20.0 Å². The zero-order valence-corrected chi connectivity index (χ0v) is 35.6. The largest absolute Gasteiger partial charge is 0.454 e. The molecular formula is C42H44F2N8O8S2. The number of aliphatic imine (C=N–C) groups is 4. The van der Waals surface area contributed by atoms with E-state index in [1.807, 2.05) is 9.80 Å². The number of hydrogen-bond donors (Lipinski definition) is 1. The minimum atomic E-state index is -3.72. The Morgan fingerprint density at radius 3 is 1.66 bits per heavy atom. The molecule has 0 fully saturated rings. The molecule has 8 rings (SSSR count). The smallest absolute Gasteiger partial charge is 0.276 e. The Morgan fingerprint density at radius 2 is 1.18 bits per heavy atom. The predicted molar refractivity (Wildman–Crippen MR) is 234 cm³/mol. The van der Waals surface area contributed by atoms with E-state index in [4.69, 9.17) is 15.2 Å². The average Bonchev–Trinajstić information content (AvgIpc) is 3.24. The van der Waals surface area contributed by atoms with Crippen molar-refractivity contribution in [3.63, 3.8) is 0 Å². The summed E-state index contributed by atoms with van der Waals surface area (Å²) in [7, 11) is -7.17. The lowest BCUT2D eigenvalue weighted by Gasteiger charge is -2.29. The SMILES string of the molecule is CCCS(=O)(=O)Cc1c(N)ccc(Oc2ccc3c(c2)C2=NCCCN2C=N3)c1F.CCCS(=O)(=O)Cc1c([N+](=O)[O-])ccc(Oc2ccc3c(c2)C2=NCCCN2C=N3)c1F. The number of nitrogens with zero attached hydrogens (tertiary/aromatic N) is 7. The number of nitrogen functional groups attached to an aromatic ring is 1. The van der Waals surface area contributed by atoms with E-state index in [9.17, 15) is 26.9 Å². The summed E-state index contributed by atoms with van der Waals surface area (Å²) in [5.74, 6) is -1.39. The Bertz CT molecular complexity index is 2760. The van der Waals surface area contributed by atoms with Gasteiger partial charge in [0, 0.05) is 54.6 Å². The third-order valence-corrected chi connectivity index (χ3v) is 13.6. The van der Waals surface area contributed by atoms with E-state index >= 15 is 8.78 Å². The van der Waals surface area contributed by atoms with E-state index < -0.39 is 59.0 Å². The van der Waals surface area contributed by atoms with Crippen molar-refractivity contribution >= 4 is 66.8 Å². The molecule has 4 aliphatic heterocycles. The first kappa shape index (κ1) is 43.8. The zero-order valence-electron chi connectivity index (χ0n) is 34.0. The van der Waals surface area contributed by atoms with Gasteiger partial charge in [0.1, 0.15) is 23.2 Å². The quantitative estimate of drug-likeness (QED) is 0.0783. The van der Waals surface area contributed by atoms with E-state index in [1.165, 1.54) is 12.1 Å². The minimum Gasteiger partial charge on any atom is -0.454 e. The summed E-state index contributed by atoms with van der Waals surface area (Å²) in [6.45, 7) is 6.49. The summed E-state index contributed by atoms with van der Waals surface area (Å²) in [6, 6.07) is 15.3. The highest BCUT2D eigenvalue weighted by molar-refractivity contribution is 7.90. The molecule has 4 aromatic carbocycles. The Labute approximate surface area is 357 Å². The second kappa shape index (κ2) is 18.4. The lowest BCUT2D eigenvalue weighted by atomic mass is 10.1. The van der Waals surface area contributed by atoms with Crippen molar-refractivity contribution < 1.29 is 40.0 Å². The van der Waals surface area contributed by atoms with Crippen LogP contribution < -0.4 is 15.2 Å². The summed E-state index contributed by atoms with van der Waals surface area (Å²) >= 11 is 0. The number of fused-ring (bicyclic) bond motifs is 6. The normalized spacial score (nSPS) is 15.2. The first-order valence-electron chi connectivity index (χ1n) is 20.0. The molecule has 0 atom stereocenters. The highest BCUT2D eigenvalue weighted by atomic mass is 32.2. The number of sulfone groups is 2. The van der Waals surface area contributed by atoms with Crippen molar-refractivity contribution in [3.05, 3.63) is 105 Å². The third-order valence-electron chi connectivity index (χ3n) is 10.1. The van der Waals surface area contributed by atoms with Gasteiger partial charge in [-0.05, 0) is 80.3 Å². The summed E-state index contributed by atoms with van der Waals surface area (Å²) in [4.78, 5) is 32.4. The molecular weight excluding hydrogens is 847 g/mol. The molecule has 20 heteroatoms. The topological polar surface area (TPSA) is 212 Å². The number of nitro groups is 1. The van der Waals surface area contributed by atoms with Crippen LogP contribution in [0, 0.1) is 21.7 Å². The van der Waals surface area contributed by atoms with Gasteiger partial charge in [-0.25, -0.2) is 35.6 Å². The number of benzene rings is 4. The fraction of sp³-hybridized carbons (Fsp3) is 0.333. The molecule has 62 heavy (non-hydrogen) atoms. The molecule has 4 heterocycles. The number of amidine groups is 2. The summed E-state index contributed by atoms with van der Waals surface area (Å²) in [6.07, 6.45) is 6.15. The van der Waals surface area contributed by atoms with Gasteiger partial charge in [0.15, 0.2) is 42.8 Å². The number of nitro benzene ring substituents is 1. The van der Waals surface area contributed by atoms with Crippen LogP contribution in [0.3, 0.4) is 0 Å². The number of nitrogens with two attached hydrogens (primary N) is 1. The maximum absolute atomic E-state index is 15.2. The molecule has 326 valence electrons. The minimum absolute atomic E-state index is 0.0269. The molecule has 0 saturated heterocycles. The number of rotatable bonds is 13. The third kappa shape index (κ3) is 9.75. The molecule has 4 aliphatic rings. The van der Waals surface area contributed by atoms with Crippen molar-refractivity contribution in [2.75, 3.05) is 43.4 Å². The van der Waals surface area contributed by atoms with E-state index in [0.717, 1.165) is 73.1 Å². The number of anilines is 1. The Hall–Kier alpha value is -6.28. The van der Waals surface area contributed by atoms with Gasteiger partial charge in [0.2, 0.25) is 0 Å². The van der Waals surface area contributed by atoms with Crippen LogP contribution in [0.15, 0.2) is 80.6 Å². The number of ether oxygens (including phenoxy) is 2. The molecule has 2 N–H and O–H groups in total. The van der Waals surface area contributed by atoms with Crippen LogP contribution >= 0.6 is 0 Å². The van der Waals surface area contributed by atoms with Crippen molar-refractivity contribution in [1.29, 1.82) is 0 Å². The van der Waals surface area contributed by atoms with E-state index in [0.29, 0.717) is 30.8 Å². The summed E-state index contributed by atoms with van der Waals surface area (Å²) < 4.78 is 90.5. The fourth-order valence-electron chi connectivity index (χ4n) is 7.23. The van der Waals surface area contributed by atoms with Crippen LogP contribution in [-0.2, 0) is 31.2 Å². The molecule has 4 aromatic rings. The van der Waals surface area contributed by atoms with Gasteiger partial charge < -0.3 is 25.0 Å². The number of halogens is 2. The molecule has 16 nitrogen and oxygen atoms in total. The lowest BCUT2D eigenvalue weighted by Crippen LogP contribution is -2.36. The Kier molecular flexibility index (Phi) is 13.0. The van der Waals surface area contributed by atoms with E-state index in [2.05, 4.69) is 20.0 Å². The second-order valence-corrected chi connectivity index (χ2v) is 19.2. The molecule has 0 aliphatic carbocycles. The van der Waals surface area contributed by atoms with Gasteiger partial charge >= 0.3 is 0 Å². The van der Waals surface area contributed by atoms with E-state index in [-0.39, 0.29) is 40.0 Å². The van der Waals surface area contributed by atoms with Gasteiger partial charge in [0.25, 0.3) is 5.69 Å². The van der Waals surface area contributed by atoms with Crippen molar-refractivity contribution in [2.45, 2.75) is 51.0 Å². The predicted octanol–water partition coefficient (Wildman–Crippen LogP) is 7.63. The van der Waals surface area contributed by atoms with Gasteiger partial charge in [-0.15, -0.1) is 0 Å². The molecule has 0 bridgehead atoms. The zero-order chi connectivity index (χ0) is 44.2. The maximum atomic E-state index is 15.2. The van der Waals surface area contributed by atoms with Crippen LogP contribution in [0.4, 0.5) is 31.5 Å². The monoisotopic (exact) mass is 890 g/mol. The van der Waals surface area contributed by atoms with Crippen LogP contribution in [0.5, 0.6) is 23.0 Å². The van der Waals surface area contributed by atoms with Crippen molar-refractivity contribution in [1.82, 2.24) is 9.80 Å². The van der Waals surface area contributed by atoms with Crippen LogP contribution in [-0.4, -0.2) is 93.6 Å². The molecule has 0 saturated carbocycles.